The lowest BCUT2D eigenvalue weighted by Gasteiger charge is -2.47. The molecule has 1 rings (SSSR count). The molecule has 0 saturated carbocycles. The van der Waals surface area contributed by atoms with Gasteiger partial charge in [0.15, 0.2) is 0 Å². The van der Waals surface area contributed by atoms with E-state index in [0.717, 1.165) is 0 Å². The van der Waals surface area contributed by atoms with E-state index in [1.807, 2.05) is 0 Å². The monoisotopic (exact) mass is 284 g/mol. The topological polar surface area (TPSA) is 3.24 Å². The van der Waals surface area contributed by atoms with Crippen molar-refractivity contribution >= 4 is 31.6 Å². The van der Waals surface area contributed by atoms with Crippen molar-refractivity contribution in [1.82, 2.24) is 4.48 Å². The summed E-state index contributed by atoms with van der Waals surface area (Å²) in [4.78, 5) is 0. The summed E-state index contributed by atoms with van der Waals surface area (Å²) in [5, 5.41) is 0.366. The van der Waals surface area contributed by atoms with Gasteiger partial charge in [0.25, 0.3) is 7.41 Å². The molecule has 0 aromatic carbocycles. The minimum Gasteiger partial charge on any atom is -0.448 e. The zero-order chi connectivity index (χ0) is 11.9. The van der Waals surface area contributed by atoms with Crippen LogP contribution in [0.15, 0.2) is 22.2 Å². The van der Waals surface area contributed by atoms with Crippen LogP contribution < -0.4 is 0 Å². The number of halogens is 1. The fourth-order valence-electron chi connectivity index (χ4n) is 1.39. The molecule has 0 aromatic rings. The highest BCUT2D eigenvalue weighted by molar-refractivity contribution is 9.12. The summed E-state index contributed by atoms with van der Waals surface area (Å²) in [6.45, 7) is 14.0. The molecule has 83 valence electrons. The number of allylic oxidation sites excluding steroid dienone is 2. The third-order valence-corrected chi connectivity index (χ3v) is 9.11. The van der Waals surface area contributed by atoms with Gasteiger partial charge in [-0.05, 0) is 28.1 Å². The summed E-state index contributed by atoms with van der Waals surface area (Å²) in [7, 11) is 0.756. The first-order valence-electron chi connectivity index (χ1n) is 5.33. The molecule has 1 nitrogen and oxygen atoms in total. The van der Waals surface area contributed by atoms with Crippen LogP contribution in [0.3, 0.4) is 0 Å². The van der Waals surface area contributed by atoms with Gasteiger partial charge >= 0.3 is 0 Å². The second kappa shape index (κ2) is 4.13. The number of hydrogen-bond donors (Lipinski definition) is 0. The molecule has 0 aromatic heterocycles. The molecule has 0 atom stereocenters. The first kappa shape index (κ1) is 13.1. The Hall–Kier alpha value is 0.0418. The molecular weight excluding hydrogens is 265 g/mol. The van der Waals surface area contributed by atoms with Crippen LogP contribution in [0.1, 0.15) is 27.7 Å². The van der Waals surface area contributed by atoms with Crippen molar-refractivity contribution in [2.75, 3.05) is 0 Å². The maximum atomic E-state index is 3.57. The molecule has 0 saturated heterocycles. The fourth-order valence-corrected chi connectivity index (χ4v) is 3.93. The summed E-state index contributed by atoms with van der Waals surface area (Å²) in [5.41, 5.74) is 1.31. The molecule has 0 aliphatic carbocycles. The minimum absolute atomic E-state index is 0.366. The smallest absolute Gasteiger partial charge is 0.283 e. The Kier molecular flexibility index (Phi) is 3.61. The molecule has 4 heteroatoms. The van der Waals surface area contributed by atoms with E-state index in [1.165, 1.54) is 9.95 Å². The largest absolute Gasteiger partial charge is 0.448 e. The molecule has 0 N–H and O–H groups in total. The summed E-state index contributed by atoms with van der Waals surface area (Å²) in [6, 6.07) is 0. The number of rotatable bonds is 1. The summed E-state index contributed by atoms with van der Waals surface area (Å²) in [6.07, 6.45) is 4.42. The lowest BCUT2D eigenvalue weighted by atomic mass is 9.90. The van der Waals surface area contributed by atoms with Gasteiger partial charge in [0.1, 0.15) is 8.24 Å². The standard InChI is InChI=1S/C11H20BBrNSi/c1-9-7-10(13)12-14(8-9)15(5,6)11(2,3)4/h7-8H,1-6H3. The third-order valence-electron chi connectivity index (χ3n) is 3.45. The van der Waals surface area contributed by atoms with Gasteiger partial charge in [-0.1, -0.05) is 55.9 Å². The van der Waals surface area contributed by atoms with Crippen LogP contribution in [0, 0.1) is 0 Å². The summed E-state index contributed by atoms with van der Waals surface area (Å²) in [5.74, 6) is 0. The zero-order valence-corrected chi connectivity index (χ0v) is 13.1. The second-order valence-corrected chi connectivity index (χ2v) is 11.8. The first-order chi connectivity index (χ1) is 6.64. The van der Waals surface area contributed by atoms with Gasteiger partial charge in [-0.2, -0.15) is 0 Å². The lowest BCUT2D eigenvalue weighted by Crippen LogP contribution is -2.54. The summed E-state index contributed by atoms with van der Waals surface area (Å²) < 4.78 is 3.61. The highest BCUT2D eigenvalue weighted by Gasteiger charge is 2.40. The Labute approximate surface area is 104 Å². The molecule has 0 unspecified atom stereocenters. The van der Waals surface area contributed by atoms with Gasteiger partial charge in [-0.15, -0.1) is 0 Å². The van der Waals surface area contributed by atoms with E-state index in [2.05, 4.69) is 80.9 Å². The molecule has 0 bridgehead atoms. The van der Waals surface area contributed by atoms with Gasteiger partial charge in [-0.25, -0.2) is 0 Å². The van der Waals surface area contributed by atoms with Crippen LogP contribution in [0.4, 0.5) is 0 Å². The van der Waals surface area contributed by atoms with Crippen molar-refractivity contribution < 1.29 is 0 Å². The Morgan fingerprint density at radius 2 is 1.87 bits per heavy atom. The Morgan fingerprint density at radius 1 is 1.33 bits per heavy atom. The van der Waals surface area contributed by atoms with E-state index in [9.17, 15) is 0 Å². The van der Waals surface area contributed by atoms with Crippen LogP contribution >= 0.6 is 15.9 Å². The average Bonchev–Trinajstić information content (AvgIpc) is 1.99. The molecule has 1 aliphatic heterocycles. The number of hydrogen-bond acceptors (Lipinski definition) is 1. The highest BCUT2D eigenvalue weighted by atomic mass is 79.9. The first-order valence-corrected chi connectivity index (χ1v) is 9.07. The van der Waals surface area contributed by atoms with Crippen molar-refractivity contribution in [3.63, 3.8) is 0 Å². The third kappa shape index (κ3) is 2.78. The molecule has 1 aliphatic rings. The van der Waals surface area contributed by atoms with Crippen LogP contribution in [-0.4, -0.2) is 20.1 Å². The Morgan fingerprint density at radius 3 is 2.27 bits per heavy atom. The van der Waals surface area contributed by atoms with Gasteiger partial charge in [-0.3, -0.25) is 0 Å². The van der Waals surface area contributed by atoms with E-state index in [0.29, 0.717) is 5.04 Å². The van der Waals surface area contributed by atoms with Crippen molar-refractivity contribution in [3.8, 4) is 0 Å². The van der Waals surface area contributed by atoms with Crippen LogP contribution in [-0.2, 0) is 0 Å². The fraction of sp³-hybridized carbons (Fsp3) is 0.636. The van der Waals surface area contributed by atoms with Crippen molar-refractivity contribution in [3.05, 3.63) is 22.2 Å². The molecule has 0 amide bonds. The van der Waals surface area contributed by atoms with Gasteiger partial charge < -0.3 is 4.48 Å². The van der Waals surface area contributed by atoms with E-state index < -0.39 is 8.24 Å². The van der Waals surface area contributed by atoms with Crippen LogP contribution in [0.5, 0.6) is 0 Å². The van der Waals surface area contributed by atoms with E-state index in [4.69, 9.17) is 0 Å². The molecular formula is C11H20BBrNSi. The Bertz CT molecular complexity index is 315. The predicted octanol–water partition coefficient (Wildman–Crippen LogP) is 4.07. The molecule has 0 fully saturated rings. The van der Waals surface area contributed by atoms with Crippen molar-refractivity contribution in [1.29, 1.82) is 0 Å². The SMILES string of the molecule is CC1=CN([Si](C)(C)C(C)(C)C)[B]C(Br)=C1. The van der Waals surface area contributed by atoms with E-state index >= 15 is 0 Å². The van der Waals surface area contributed by atoms with Crippen LogP contribution in [0.25, 0.3) is 0 Å². The second-order valence-electron chi connectivity index (χ2n) is 5.75. The van der Waals surface area contributed by atoms with Gasteiger partial charge in [0.2, 0.25) is 0 Å². The summed E-state index contributed by atoms with van der Waals surface area (Å²) >= 11 is 3.57. The van der Waals surface area contributed by atoms with E-state index in [1.54, 1.807) is 0 Å². The lowest BCUT2D eigenvalue weighted by molar-refractivity contribution is 0.655. The maximum absolute atomic E-state index is 3.57. The Balaban J connectivity index is 2.97. The van der Waals surface area contributed by atoms with E-state index in [-0.39, 0.29) is 0 Å². The molecule has 1 radical (unpaired) electrons. The maximum Gasteiger partial charge on any atom is 0.283 e. The number of nitrogens with zero attached hydrogens (tertiary/aromatic N) is 1. The predicted molar refractivity (Wildman–Crippen MR) is 75.6 cm³/mol. The molecule has 0 spiro atoms. The van der Waals surface area contributed by atoms with Crippen LogP contribution in [0.2, 0.25) is 18.1 Å². The highest BCUT2D eigenvalue weighted by Crippen LogP contribution is 2.39. The van der Waals surface area contributed by atoms with Gasteiger partial charge in [0, 0.05) is 0 Å². The van der Waals surface area contributed by atoms with Crippen molar-refractivity contribution in [2.45, 2.75) is 45.8 Å². The molecule has 15 heavy (non-hydrogen) atoms. The molecule has 1 heterocycles. The quantitative estimate of drug-likeness (QED) is 0.656. The van der Waals surface area contributed by atoms with Crippen molar-refractivity contribution in [2.24, 2.45) is 0 Å². The average molecular weight is 285 g/mol. The minimum atomic E-state index is -1.46. The zero-order valence-electron chi connectivity index (χ0n) is 10.6. The van der Waals surface area contributed by atoms with Gasteiger partial charge in [0.05, 0.1) is 0 Å². The normalized spacial score (nSPS) is 18.2.